The van der Waals surface area contributed by atoms with Crippen molar-refractivity contribution in [2.45, 2.75) is 44.1 Å². The van der Waals surface area contributed by atoms with Gasteiger partial charge < -0.3 is 14.7 Å². The molecule has 0 unspecified atom stereocenters. The van der Waals surface area contributed by atoms with E-state index in [0.717, 1.165) is 31.7 Å². The van der Waals surface area contributed by atoms with Crippen molar-refractivity contribution in [3.05, 3.63) is 42.5 Å². The van der Waals surface area contributed by atoms with E-state index < -0.39 is 12.1 Å². The van der Waals surface area contributed by atoms with Crippen LogP contribution in [0.2, 0.25) is 0 Å². The van der Waals surface area contributed by atoms with Gasteiger partial charge in [0.2, 0.25) is 5.91 Å². The first-order valence-corrected chi connectivity index (χ1v) is 9.24. The van der Waals surface area contributed by atoms with E-state index in [-0.39, 0.29) is 5.91 Å². The van der Waals surface area contributed by atoms with Gasteiger partial charge in [0.1, 0.15) is 5.75 Å². The summed E-state index contributed by atoms with van der Waals surface area (Å²) < 4.78 is 36.9. The number of carboxylic acid groups (broad SMARTS) is 1. The number of carbonyl (C=O) groups excluding carboxylic acids is 1. The summed E-state index contributed by atoms with van der Waals surface area (Å²) in [4.78, 5) is 25.5. The number of hydrogen-bond donors (Lipinski definition) is 1. The molecule has 0 aromatic heterocycles. The lowest BCUT2D eigenvalue weighted by atomic mass is 9.96. The fraction of sp³-hybridized carbons (Fsp3) is 0.500. The zero-order valence-electron chi connectivity index (χ0n) is 16.2. The molecule has 0 spiro atoms. The highest BCUT2D eigenvalue weighted by atomic mass is 19.4. The van der Waals surface area contributed by atoms with E-state index in [1.54, 1.807) is 7.11 Å². The molecule has 0 bridgehead atoms. The van der Waals surface area contributed by atoms with Crippen LogP contribution in [-0.2, 0) is 16.1 Å². The first kappa shape index (κ1) is 22.7. The fourth-order valence-electron chi connectivity index (χ4n) is 3.78. The number of hydrogen-bond acceptors (Lipinski definition) is 4. The lowest BCUT2D eigenvalue weighted by Gasteiger charge is -2.39. The predicted molar refractivity (Wildman–Crippen MR) is 100 cm³/mol. The number of fused-ring (bicyclic) bond motifs is 1. The van der Waals surface area contributed by atoms with Gasteiger partial charge >= 0.3 is 12.1 Å². The van der Waals surface area contributed by atoms with Crippen molar-refractivity contribution < 1.29 is 32.6 Å². The van der Waals surface area contributed by atoms with Gasteiger partial charge in [-0.2, -0.15) is 13.2 Å². The van der Waals surface area contributed by atoms with Crippen molar-refractivity contribution in [1.29, 1.82) is 0 Å². The molecule has 1 aromatic rings. The molecule has 29 heavy (non-hydrogen) atoms. The van der Waals surface area contributed by atoms with Crippen LogP contribution in [0.15, 0.2) is 36.9 Å². The Kier molecular flexibility index (Phi) is 7.66. The topological polar surface area (TPSA) is 70.1 Å². The van der Waals surface area contributed by atoms with Gasteiger partial charge in [-0.1, -0.05) is 18.2 Å². The normalized spacial score (nSPS) is 21.8. The highest BCUT2D eigenvalue weighted by molar-refractivity contribution is 5.78. The Balaban J connectivity index is 0.000000370. The quantitative estimate of drug-likeness (QED) is 0.750. The molecule has 0 saturated carbocycles. The largest absolute Gasteiger partial charge is 0.497 e. The Morgan fingerprint density at radius 1 is 1.28 bits per heavy atom. The maximum atomic E-state index is 12.1. The Morgan fingerprint density at radius 3 is 2.41 bits per heavy atom. The molecule has 0 radical (unpaired) electrons. The number of ether oxygens (including phenoxy) is 1. The van der Waals surface area contributed by atoms with Crippen molar-refractivity contribution in [2.24, 2.45) is 0 Å². The van der Waals surface area contributed by atoms with Gasteiger partial charge in [0.05, 0.1) is 7.11 Å². The van der Waals surface area contributed by atoms with Crippen LogP contribution in [0, 0.1) is 0 Å². The summed E-state index contributed by atoms with van der Waals surface area (Å²) in [5, 5.41) is 7.12. The van der Waals surface area contributed by atoms with E-state index in [2.05, 4.69) is 23.6 Å². The molecule has 2 heterocycles. The van der Waals surface area contributed by atoms with Crippen LogP contribution >= 0.6 is 0 Å². The van der Waals surface area contributed by atoms with Crippen LogP contribution in [-0.4, -0.2) is 65.2 Å². The van der Waals surface area contributed by atoms with E-state index >= 15 is 0 Å². The minimum atomic E-state index is -5.08. The van der Waals surface area contributed by atoms with Crippen molar-refractivity contribution in [2.75, 3.05) is 20.2 Å². The first-order valence-electron chi connectivity index (χ1n) is 9.24. The number of likely N-dealkylation sites (tertiary alicyclic amines) is 2. The van der Waals surface area contributed by atoms with Crippen LogP contribution < -0.4 is 4.74 Å². The molecule has 3 rings (SSSR count). The average molecular weight is 414 g/mol. The molecule has 2 atom stereocenters. The highest BCUT2D eigenvalue weighted by Gasteiger charge is 2.42. The number of halogens is 3. The molecule has 6 nitrogen and oxygen atoms in total. The summed E-state index contributed by atoms with van der Waals surface area (Å²) in [6.07, 6.45) is -0.534. The zero-order chi connectivity index (χ0) is 21.6. The molecule has 1 aromatic carbocycles. The Hall–Kier alpha value is -2.55. The van der Waals surface area contributed by atoms with Gasteiger partial charge in [-0.05, 0) is 30.5 Å². The summed E-state index contributed by atoms with van der Waals surface area (Å²) in [5.74, 6) is -1.58. The van der Waals surface area contributed by atoms with Gasteiger partial charge in [0, 0.05) is 38.1 Å². The molecule has 1 N–H and O–H groups in total. The minimum absolute atomic E-state index is 0.285. The second-order valence-electron chi connectivity index (χ2n) is 6.92. The number of alkyl halides is 3. The molecular weight excluding hydrogens is 389 g/mol. The minimum Gasteiger partial charge on any atom is -0.497 e. The summed E-state index contributed by atoms with van der Waals surface area (Å²) in [6.45, 7) is 6.47. The van der Waals surface area contributed by atoms with Gasteiger partial charge in [0.25, 0.3) is 0 Å². The molecule has 2 saturated heterocycles. The molecule has 2 aliphatic heterocycles. The third kappa shape index (κ3) is 5.96. The zero-order valence-corrected chi connectivity index (χ0v) is 16.2. The second kappa shape index (κ2) is 9.78. The lowest BCUT2D eigenvalue weighted by molar-refractivity contribution is -0.192. The maximum absolute atomic E-state index is 12.1. The third-order valence-corrected chi connectivity index (χ3v) is 5.11. The number of benzene rings is 1. The van der Waals surface area contributed by atoms with Crippen LogP contribution in [0.25, 0.3) is 0 Å². The standard InChI is InChI=1S/C18H24N2O2.C2HF3O2/c1-3-11-20-17-10-12-19(16(17)8-9-18(20)21)13-14-4-6-15(22-2)7-5-14;3-2(4,5)1(6)7/h3-7,16-17H,1,8-13H2,2H3;(H,6,7)/t16-,17-;/m1./s1. The van der Waals surface area contributed by atoms with E-state index in [0.29, 0.717) is 25.0 Å². The molecular formula is C20H25F3N2O4. The van der Waals surface area contributed by atoms with Crippen molar-refractivity contribution in [1.82, 2.24) is 9.80 Å². The molecule has 0 aliphatic carbocycles. The van der Waals surface area contributed by atoms with Crippen LogP contribution in [0.4, 0.5) is 13.2 Å². The maximum Gasteiger partial charge on any atom is 0.490 e. The van der Waals surface area contributed by atoms with Crippen LogP contribution in [0.5, 0.6) is 5.75 Å². The number of carbonyl (C=O) groups is 2. The highest BCUT2D eigenvalue weighted by Crippen LogP contribution is 2.32. The summed E-state index contributed by atoms with van der Waals surface area (Å²) in [7, 11) is 1.69. The summed E-state index contributed by atoms with van der Waals surface area (Å²) in [5.41, 5.74) is 1.30. The van der Waals surface area contributed by atoms with E-state index in [1.165, 1.54) is 5.56 Å². The second-order valence-corrected chi connectivity index (χ2v) is 6.92. The number of rotatable bonds is 5. The Bertz CT molecular complexity index is 721. The van der Waals surface area contributed by atoms with Crippen molar-refractivity contribution in [3.8, 4) is 5.75 Å². The molecule has 2 aliphatic rings. The molecule has 9 heteroatoms. The summed E-state index contributed by atoms with van der Waals surface area (Å²) in [6, 6.07) is 9.12. The molecule has 1 amide bonds. The average Bonchev–Trinajstić information content (AvgIpc) is 3.07. The van der Waals surface area contributed by atoms with E-state index in [9.17, 15) is 18.0 Å². The number of methoxy groups -OCH3 is 1. The Labute approximate surface area is 167 Å². The lowest BCUT2D eigenvalue weighted by Crippen LogP contribution is -2.52. The van der Waals surface area contributed by atoms with Crippen molar-refractivity contribution >= 4 is 11.9 Å². The number of amides is 1. The number of piperidine rings is 1. The predicted octanol–water partition coefficient (Wildman–Crippen LogP) is 3.08. The van der Waals surface area contributed by atoms with Gasteiger partial charge in [-0.25, -0.2) is 4.79 Å². The third-order valence-electron chi connectivity index (χ3n) is 5.11. The van der Waals surface area contributed by atoms with Crippen LogP contribution in [0.3, 0.4) is 0 Å². The first-order chi connectivity index (χ1) is 13.7. The van der Waals surface area contributed by atoms with E-state index in [1.807, 2.05) is 23.1 Å². The summed E-state index contributed by atoms with van der Waals surface area (Å²) >= 11 is 0. The molecule has 160 valence electrons. The monoisotopic (exact) mass is 414 g/mol. The van der Waals surface area contributed by atoms with Crippen LogP contribution in [0.1, 0.15) is 24.8 Å². The Morgan fingerprint density at radius 2 is 1.90 bits per heavy atom. The molecule has 2 fully saturated rings. The van der Waals surface area contributed by atoms with E-state index in [4.69, 9.17) is 14.6 Å². The number of carboxylic acids is 1. The number of nitrogens with zero attached hydrogens (tertiary/aromatic N) is 2. The van der Waals surface area contributed by atoms with Crippen molar-refractivity contribution in [3.63, 3.8) is 0 Å². The van der Waals surface area contributed by atoms with Gasteiger partial charge in [-0.15, -0.1) is 6.58 Å². The van der Waals surface area contributed by atoms with Gasteiger partial charge in [-0.3, -0.25) is 9.69 Å². The fourth-order valence-corrected chi connectivity index (χ4v) is 3.78. The smallest absolute Gasteiger partial charge is 0.490 e. The van der Waals surface area contributed by atoms with Gasteiger partial charge in [0.15, 0.2) is 0 Å². The SMILES string of the molecule is C=CCN1C(=O)CC[C@@H]2[C@H]1CCN2Cc1ccc(OC)cc1.O=C(O)C(F)(F)F. The number of aliphatic carboxylic acids is 1.